The lowest BCUT2D eigenvalue weighted by Crippen LogP contribution is -2.72. The summed E-state index contributed by atoms with van der Waals surface area (Å²) in [5, 5.41) is 22.5. The average molecular weight is 524 g/mol. The van der Waals surface area contributed by atoms with E-state index in [1.807, 2.05) is 0 Å². The normalized spacial score (nSPS) is 46.1. The summed E-state index contributed by atoms with van der Waals surface area (Å²) < 4.78 is 17.6. The molecule has 0 aromatic carbocycles. The molecule has 38 heavy (non-hydrogen) atoms. The van der Waals surface area contributed by atoms with Gasteiger partial charge in [-0.2, -0.15) is 0 Å². The molecule has 0 unspecified atom stereocenters. The maximum Gasteiger partial charge on any atom is 0.345 e. The fraction of sp³-hybridized carbons (Fsp3) is 0.710. The van der Waals surface area contributed by atoms with Crippen LogP contribution in [0.3, 0.4) is 0 Å². The number of hydrogen-bond donors (Lipinski definition) is 2. The predicted molar refractivity (Wildman–Crippen MR) is 140 cm³/mol. The first kappa shape index (κ1) is 24.9. The Kier molecular flexibility index (Phi) is 5.88. The minimum absolute atomic E-state index is 0.0152. The number of piperidine rings is 2. The van der Waals surface area contributed by atoms with Crippen molar-refractivity contribution < 1.29 is 29.2 Å². The van der Waals surface area contributed by atoms with E-state index in [1.54, 1.807) is 0 Å². The summed E-state index contributed by atoms with van der Waals surface area (Å²) in [7, 11) is 1.49. The summed E-state index contributed by atoms with van der Waals surface area (Å²) in [6, 6.07) is 0.859. The molecule has 0 spiro atoms. The van der Waals surface area contributed by atoms with Crippen LogP contribution < -0.4 is 0 Å². The number of carbonyl (C=O) groups is 1. The van der Waals surface area contributed by atoms with Crippen molar-refractivity contribution in [3.8, 4) is 0 Å². The highest BCUT2D eigenvalue weighted by Gasteiger charge is 2.63. The van der Waals surface area contributed by atoms with Gasteiger partial charge in [0, 0.05) is 35.9 Å². The van der Waals surface area contributed by atoms with Gasteiger partial charge in [0.1, 0.15) is 11.3 Å². The van der Waals surface area contributed by atoms with Crippen molar-refractivity contribution >= 4 is 5.97 Å². The Morgan fingerprint density at radius 1 is 1.13 bits per heavy atom. The van der Waals surface area contributed by atoms with E-state index in [0.717, 1.165) is 63.5 Å². The van der Waals surface area contributed by atoms with Gasteiger partial charge in [-0.1, -0.05) is 31.9 Å². The molecule has 7 rings (SSSR count). The molecule has 2 aliphatic carbocycles. The highest BCUT2D eigenvalue weighted by atomic mass is 16.6. The third-order valence-corrected chi connectivity index (χ3v) is 11.1. The minimum Gasteiger partial charge on any atom is -0.492 e. The molecular formula is C31H41NO6. The van der Waals surface area contributed by atoms with Crippen molar-refractivity contribution in [2.75, 3.05) is 13.7 Å². The van der Waals surface area contributed by atoms with Crippen molar-refractivity contribution in [3.63, 3.8) is 0 Å². The number of aliphatic hydroxyl groups is 2. The Morgan fingerprint density at radius 3 is 2.76 bits per heavy atom. The van der Waals surface area contributed by atoms with Gasteiger partial charge in [-0.05, 0) is 69.3 Å². The molecule has 0 aromatic heterocycles. The molecule has 5 aliphatic heterocycles. The quantitative estimate of drug-likeness (QED) is 0.412. The molecule has 206 valence electrons. The lowest BCUT2D eigenvalue weighted by molar-refractivity contribution is -0.203. The zero-order valence-electron chi connectivity index (χ0n) is 22.8. The fourth-order valence-corrected chi connectivity index (χ4v) is 9.50. The topological polar surface area (TPSA) is 88.5 Å². The smallest absolute Gasteiger partial charge is 0.345 e. The summed E-state index contributed by atoms with van der Waals surface area (Å²) in [5.41, 5.74) is 0.991. The maximum absolute atomic E-state index is 12.8. The number of aliphatic hydroxyl groups excluding tert-OH is 1. The number of fused-ring (bicyclic) bond motifs is 6. The zero-order chi connectivity index (χ0) is 26.3. The molecule has 5 heterocycles. The standard InChI is InChI=1S/C31H41NO6/c1-16-7-8-18-9-10-19-14-20-11-12-24-26(23-5-4-6-25(32(20)23)31(19,35)22(18)13-16)17(2)27(37-24)29-28(36-3)21(15-33)30(34)38-29/h8,12,16-17,19-20,22-23,25-26,33,35H,4-7,9-11,13-15H2,1-3H3/b29-27+/t16-,17-,19-,20+,22-,23-,25-,26+,31-/m0/s1. The van der Waals surface area contributed by atoms with Gasteiger partial charge in [-0.3, -0.25) is 4.90 Å². The van der Waals surface area contributed by atoms with Gasteiger partial charge in [-0.15, -0.1) is 0 Å². The maximum atomic E-state index is 12.8. The molecule has 0 radical (unpaired) electrons. The lowest BCUT2D eigenvalue weighted by Gasteiger charge is -2.64. The Balaban J connectivity index is 1.27. The molecule has 3 saturated heterocycles. The molecule has 7 heteroatoms. The molecule has 0 amide bonds. The molecule has 1 saturated carbocycles. The third kappa shape index (κ3) is 3.34. The largest absolute Gasteiger partial charge is 0.492 e. The monoisotopic (exact) mass is 523 g/mol. The van der Waals surface area contributed by atoms with Crippen LogP contribution in [0, 0.1) is 29.6 Å². The summed E-state index contributed by atoms with van der Waals surface area (Å²) in [5.74, 6) is 2.97. The van der Waals surface area contributed by atoms with Crippen molar-refractivity contribution in [1.82, 2.24) is 4.90 Å². The second-order valence-corrected chi connectivity index (χ2v) is 12.9. The molecule has 9 atom stereocenters. The first-order chi connectivity index (χ1) is 18.4. The number of rotatable bonds is 2. The molecular weight excluding hydrogens is 482 g/mol. The van der Waals surface area contributed by atoms with E-state index in [9.17, 15) is 15.0 Å². The summed E-state index contributed by atoms with van der Waals surface area (Å²) in [4.78, 5) is 15.2. The number of nitrogens with zero attached hydrogens (tertiary/aromatic N) is 1. The SMILES string of the molecule is COC1=C(CO)C(=O)O/C1=C1/OC2=CC[C@@H]3C[C@@H]4CCC5=CC[C@H](C)C[C@@H]5[C@]4(O)[C@@H]4CCC[C@@H]([C@H]2[C@@H]1C)N34. The molecule has 2 N–H and O–H groups in total. The number of carbonyl (C=O) groups excluding carboxylic acids is 1. The fourth-order valence-electron chi connectivity index (χ4n) is 9.50. The van der Waals surface area contributed by atoms with Crippen LogP contribution in [0.2, 0.25) is 0 Å². The van der Waals surface area contributed by atoms with E-state index in [4.69, 9.17) is 14.2 Å². The van der Waals surface area contributed by atoms with E-state index in [2.05, 4.69) is 30.9 Å². The van der Waals surface area contributed by atoms with Crippen LogP contribution in [-0.4, -0.2) is 58.5 Å². The number of allylic oxidation sites excluding steroid dienone is 2. The van der Waals surface area contributed by atoms with Crippen LogP contribution in [0.15, 0.2) is 46.3 Å². The molecule has 7 nitrogen and oxygen atoms in total. The Labute approximate surface area is 225 Å². The van der Waals surface area contributed by atoms with Crippen molar-refractivity contribution in [2.45, 2.75) is 95.4 Å². The molecule has 7 aliphatic rings. The Hall–Kier alpha value is -2.09. The van der Waals surface area contributed by atoms with Crippen molar-refractivity contribution in [2.24, 2.45) is 29.6 Å². The second kappa shape index (κ2) is 8.97. The minimum atomic E-state index is -0.661. The first-order valence-corrected chi connectivity index (χ1v) is 14.8. The van der Waals surface area contributed by atoms with Gasteiger partial charge in [0.25, 0.3) is 0 Å². The second-order valence-electron chi connectivity index (χ2n) is 12.9. The Morgan fingerprint density at radius 2 is 1.97 bits per heavy atom. The van der Waals surface area contributed by atoms with Crippen LogP contribution in [0.4, 0.5) is 0 Å². The number of ether oxygens (including phenoxy) is 3. The van der Waals surface area contributed by atoms with Crippen molar-refractivity contribution in [3.05, 3.63) is 46.3 Å². The van der Waals surface area contributed by atoms with Crippen LogP contribution in [0.1, 0.15) is 71.6 Å². The van der Waals surface area contributed by atoms with Gasteiger partial charge in [-0.25, -0.2) is 4.79 Å². The number of hydrogen-bond acceptors (Lipinski definition) is 7. The molecule has 0 bridgehead atoms. The average Bonchev–Trinajstić information content (AvgIpc) is 3.36. The van der Waals surface area contributed by atoms with E-state index in [0.29, 0.717) is 29.4 Å². The number of cyclic esters (lactones) is 1. The van der Waals surface area contributed by atoms with Crippen LogP contribution in [0.5, 0.6) is 0 Å². The highest BCUT2D eigenvalue weighted by Crippen LogP contribution is 2.59. The van der Waals surface area contributed by atoms with Crippen LogP contribution >= 0.6 is 0 Å². The van der Waals surface area contributed by atoms with Gasteiger partial charge >= 0.3 is 5.97 Å². The lowest BCUT2D eigenvalue weighted by atomic mass is 9.54. The van der Waals surface area contributed by atoms with Gasteiger partial charge in [0.15, 0.2) is 11.5 Å². The van der Waals surface area contributed by atoms with E-state index < -0.39 is 18.2 Å². The predicted octanol–water partition coefficient (Wildman–Crippen LogP) is 4.33. The Bertz CT molecular complexity index is 1170. The van der Waals surface area contributed by atoms with Crippen LogP contribution in [0.25, 0.3) is 0 Å². The number of methoxy groups -OCH3 is 1. The van der Waals surface area contributed by atoms with Gasteiger partial charge < -0.3 is 24.4 Å². The summed E-state index contributed by atoms with van der Waals surface area (Å²) in [6.07, 6.45) is 14.4. The molecule has 0 aromatic rings. The summed E-state index contributed by atoms with van der Waals surface area (Å²) >= 11 is 0. The highest BCUT2D eigenvalue weighted by molar-refractivity contribution is 5.94. The van der Waals surface area contributed by atoms with E-state index >= 15 is 0 Å². The van der Waals surface area contributed by atoms with Gasteiger partial charge in [0.2, 0.25) is 5.76 Å². The van der Waals surface area contributed by atoms with E-state index in [1.165, 1.54) is 12.7 Å². The van der Waals surface area contributed by atoms with Crippen molar-refractivity contribution in [1.29, 1.82) is 0 Å². The number of esters is 1. The van der Waals surface area contributed by atoms with E-state index in [-0.39, 0.29) is 41.2 Å². The zero-order valence-corrected chi connectivity index (χ0v) is 22.8. The molecule has 4 fully saturated rings. The van der Waals surface area contributed by atoms with Gasteiger partial charge in [0.05, 0.1) is 19.3 Å². The first-order valence-electron chi connectivity index (χ1n) is 14.8. The third-order valence-electron chi connectivity index (χ3n) is 11.1. The van der Waals surface area contributed by atoms with Crippen LogP contribution in [-0.2, 0) is 19.0 Å². The summed E-state index contributed by atoms with van der Waals surface area (Å²) in [6.45, 7) is 4.06.